The van der Waals surface area contributed by atoms with Crippen molar-refractivity contribution in [3.8, 4) is 0 Å². The van der Waals surface area contributed by atoms with Crippen molar-refractivity contribution in [3.63, 3.8) is 0 Å². The number of alkyl halides is 1. The van der Waals surface area contributed by atoms with Gasteiger partial charge in [0.25, 0.3) is 0 Å². The SMILES string of the molecule is CC1(C)C(CCl)C1c1ccc(F)c(F)c1. The van der Waals surface area contributed by atoms with Gasteiger partial charge in [-0.3, -0.25) is 0 Å². The Morgan fingerprint density at radius 3 is 2.40 bits per heavy atom. The largest absolute Gasteiger partial charge is 0.204 e. The Bertz CT molecular complexity index is 387. The summed E-state index contributed by atoms with van der Waals surface area (Å²) in [5.74, 6) is -0.381. The second-order valence-corrected chi connectivity index (χ2v) is 5.04. The molecule has 0 spiro atoms. The zero-order valence-electron chi connectivity index (χ0n) is 8.73. The Morgan fingerprint density at radius 1 is 1.27 bits per heavy atom. The van der Waals surface area contributed by atoms with E-state index in [0.717, 1.165) is 5.56 Å². The number of rotatable bonds is 2. The third-order valence-corrected chi connectivity index (χ3v) is 3.85. The molecule has 0 aromatic heterocycles. The van der Waals surface area contributed by atoms with Crippen molar-refractivity contribution >= 4 is 11.6 Å². The van der Waals surface area contributed by atoms with E-state index in [1.54, 1.807) is 6.07 Å². The molecule has 0 nitrogen and oxygen atoms in total. The molecule has 0 saturated heterocycles. The fourth-order valence-electron chi connectivity index (χ4n) is 2.40. The van der Waals surface area contributed by atoms with E-state index in [2.05, 4.69) is 13.8 Å². The molecule has 3 heteroatoms. The van der Waals surface area contributed by atoms with E-state index < -0.39 is 11.6 Å². The highest BCUT2D eigenvalue weighted by molar-refractivity contribution is 6.18. The van der Waals surface area contributed by atoms with E-state index in [9.17, 15) is 8.78 Å². The first kappa shape index (κ1) is 10.9. The zero-order valence-corrected chi connectivity index (χ0v) is 9.48. The van der Waals surface area contributed by atoms with Gasteiger partial charge in [0.2, 0.25) is 0 Å². The lowest BCUT2D eigenvalue weighted by Gasteiger charge is -2.03. The maximum atomic E-state index is 13.0. The molecule has 2 rings (SSSR count). The van der Waals surface area contributed by atoms with Gasteiger partial charge in [-0.25, -0.2) is 8.78 Å². The molecule has 1 aliphatic carbocycles. The van der Waals surface area contributed by atoms with E-state index in [1.807, 2.05) is 0 Å². The molecule has 1 aromatic carbocycles. The highest BCUT2D eigenvalue weighted by Gasteiger charge is 2.57. The Labute approximate surface area is 93.2 Å². The lowest BCUT2D eigenvalue weighted by atomic mass is 10.0. The predicted octanol–water partition coefficient (Wildman–Crippen LogP) is 3.94. The predicted molar refractivity (Wildman–Crippen MR) is 57.1 cm³/mol. The third-order valence-electron chi connectivity index (χ3n) is 3.52. The van der Waals surface area contributed by atoms with E-state index in [1.165, 1.54) is 12.1 Å². The van der Waals surface area contributed by atoms with Crippen LogP contribution in [0.4, 0.5) is 8.78 Å². The summed E-state index contributed by atoms with van der Waals surface area (Å²) in [5, 5.41) is 0. The Kier molecular flexibility index (Phi) is 2.50. The van der Waals surface area contributed by atoms with Gasteiger partial charge in [0, 0.05) is 5.88 Å². The topological polar surface area (TPSA) is 0 Å². The molecule has 1 fully saturated rings. The van der Waals surface area contributed by atoms with Crippen LogP contribution in [0.3, 0.4) is 0 Å². The average molecular weight is 231 g/mol. The van der Waals surface area contributed by atoms with E-state index in [-0.39, 0.29) is 11.3 Å². The molecule has 0 amide bonds. The lowest BCUT2D eigenvalue weighted by Crippen LogP contribution is -1.92. The smallest absolute Gasteiger partial charge is 0.159 e. The van der Waals surface area contributed by atoms with Crippen LogP contribution in [0.5, 0.6) is 0 Å². The molecule has 0 bridgehead atoms. The van der Waals surface area contributed by atoms with Gasteiger partial charge in [-0.05, 0) is 34.9 Å². The van der Waals surface area contributed by atoms with Crippen molar-refractivity contribution in [2.24, 2.45) is 11.3 Å². The average Bonchev–Trinajstić information content (AvgIpc) is 2.73. The van der Waals surface area contributed by atoms with Crippen LogP contribution in [0.15, 0.2) is 18.2 Å². The van der Waals surface area contributed by atoms with Gasteiger partial charge in [0.1, 0.15) is 0 Å². The van der Waals surface area contributed by atoms with Gasteiger partial charge < -0.3 is 0 Å². The van der Waals surface area contributed by atoms with Gasteiger partial charge >= 0.3 is 0 Å². The summed E-state index contributed by atoms with van der Waals surface area (Å²) in [4.78, 5) is 0. The van der Waals surface area contributed by atoms with Crippen molar-refractivity contribution in [1.82, 2.24) is 0 Å². The van der Waals surface area contributed by atoms with E-state index in [4.69, 9.17) is 11.6 Å². The zero-order chi connectivity index (χ0) is 11.2. The van der Waals surface area contributed by atoms with Crippen LogP contribution in [0.2, 0.25) is 0 Å². The Balaban J connectivity index is 2.29. The number of hydrogen-bond acceptors (Lipinski definition) is 0. The molecule has 2 unspecified atom stereocenters. The van der Waals surface area contributed by atoms with Crippen LogP contribution in [0.1, 0.15) is 25.3 Å². The summed E-state index contributed by atoms with van der Waals surface area (Å²) in [7, 11) is 0. The van der Waals surface area contributed by atoms with E-state index >= 15 is 0 Å². The summed E-state index contributed by atoms with van der Waals surface area (Å²) in [6, 6.07) is 4.12. The number of hydrogen-bond donors (Lipinski definition) is 0. The van der Waals surface area contributed by atoms with E-state index in [0.29, 0.717) is 11.8 Å². The highest BCUT2D eigenvalue weighted by atomic mass is 35.5. The fourth-order valence-corrected chi connectivity index (χ4v) is 2.98. The highest BCUT2D eigenvalue weighted by Crippen LogP contribution is 2.64. The maximum Gasteiger partial charge on any atom is 0.159 e. The minimum Gasteiger partial charge on any atom is -0.204 e. The van der Waals surface area contributed by atoms with Crippen molar-refractivity contribution in [2.75, 3.05) is 5.88 Å². The van der Waals surface area contributed by atoms with Gasteiger partial charge in [0.15, 0.2) is 11.6 Å². The normalized spacial score (nSPS) is 27.8. The van der Waals surface area contributed by atoms with Gasteiger partial charge in [-0.1, -0.05) is 19.9 Å². The van der Waals surface area contributed by atoms with Crippen LogP contribution in [0, 0.1) is 23.0 Å². The minimum atomic E-state index is -0.792. The van der Waals surface area contributed by atoms with Crippen molar-refractivity contribution in [3.05, 3.63) is 35.4 Å². The number of benzene rings is 1. The summed E-state index contributed by atoms with van der Waals surface area (Å²) < 4.78 is 25.8. The monoisotopic (exact) mass is 230 g/mol. The quantitative estimate of drug-likeness (QED) is 0.675. The first-order valence-electron chi connectivity index (χ1n) is 4.99. The van der Waals surface area contributed by atoms with Crippen LogP contribution in [-0.2, 0) is 0 Å². The van der Waals surface area contributed by atoms with Crippen molar-refractivity contribution in [1.29, 1.82) is 0 Å². The molecule has 1 aliphatic rings. The second-order valence-electron chi connectivity index (χ2n) is 4.73. The van der Waals surface area contributed by atoms with Crippen LogP contribution in [0.25, 0.3) is 0 Å². The molecular weight excluding hydrogens is 218 g/mol. The molecule has 1 saturated carbocycles. The molecule has 1 aromatic rings. The summed E-state index contributed by atoms with van der Waals surface area (Å²) in [6.07, 6.45) is 0. The second kappa shape index (κ2) is 3.44. The summed E-state index contributed by atoms with van der Waals surface area (Å²) in [5.41, 5.74) is 0.955. The Morgan fingerprint density at radius 2 is 1.93 bits per heavy atom. The van der Waals surface area contributed by atoms with Crippen molar-refractivity contribution in [2.45, 2.75) is 19.8 Å². The van der Waals surface area contributed by atoms with Crippen molar-refractivity contribution < 1.29 is 8.78 Å². The molecule has 0 N–H and O–H groups in total. The maximum absolute atomic E-state index is 13.0. The third kappa shape index (κ3) is 1.65. The first-order chi connectivity index (χ1) is 6.98. The van der Waals surface area contributed by atoms with Gasteiger partial charge in [0.05, 0.1) is 0 Å². The molecular formula is C12H13ClF2. The molecule has 0 radical (unpaired) electrons. The van der Waals surface area contributed by atoms with Crippen LogP contribution in [-0.4, -0.2) is 5.88 Å². The standard InChI is InChI=1S/C12H13ClF2/c1-12(2)8(6-13)11(12)7-3-4-9(14)10(15)5-7/h3-5,8,11H,6H2,1-2H3. The summed E-state index contributed by atoms with van der Waals surface area (Å²) in [6.45, 7) is 4.21. The first-order valence-corrected chi connectivity index (χ1v) is 5.53. The van der Waals surface area contributed by atoms with Crippen LogP contribution < -0.4 is 0 Å². The fraction of sp³-hybridized carbons (Fsp3) is 0.500. The van der Waals surface area contributed by atoms with Gasteiger partial charge in [-0.15, -0.1) is 11.6 Å². The van der Waals surface area contributed by atoms with Gasteiger partial charge in [-0.2, -0.15) is 0 Å². The molecule has 2 atom stereocenters. The molecule has 15 heavy (non-hydrogen) atoms. The summed E-state index contributed by atoms with van der Waals surface area (Å²) >= 11 is 5.83. The number of halogens is 3. The molecule has 82 valence electrons. The Hall–Kier alpha value is -0.630. The van der Waals surface area contributed by atoms with Crippen LogP contribution >= 0.6 is 11.6 Å². The lowest BCUT2D eigenvalue weighted by molar-refractivity contribution is 0.505. The molecule has 0 heterocycles. The minimum absolute atomic E-state index is 0.103. The molecule has 0 aliphatic heterocycles.